The highest BCUT2D eigenvalue weighted by molar-refractivity contribution is 7.15. The Bertz CT molecular complexity index is 718. The molecule has 2 aliphatic rings. The monoisotopic (exact) mass is 346 g/mol. The molecule has 0 aromatic carbocycles. The smallest absolute Gasteiger partial charge is 0.243 e. The number of imidazole rings is 1. The highest BCUT2D eigenvalue weighted by Crippen LogP contribution is 2.22. The molecule has 4 rings (SSSR count). The van der Waals surface area contributed by atoms with Crippen molar-refractivity contribution in [3.8, 4) is 0 Å². The van der Waals surface area contributed by atoms with E-state index in [9.17, 15) is 9.59 Å². The van der Waals surface area contributed by atoms with E-state index in [0.717, 1.165) is 36.3 Å². The first-order valence-corrected chi connectivity index (χ1v) is 9.59. The molecular weight excluding hydrogens is 324 g/mol. The van der Waals surface area contributed by atoms with Crippen LogP contribution in [0.1, 0.15) is 44.2 Å². The predicted molar refractivity (Wildman–Crippen MR) is 91.9 cm³/mol. The van der Waals surface area contributed by atoms with E-state index < -0.39 is 0 Å². The van der Waals surface area contributed by atoms with Crippen LogP contribution in [0.5, 0.6) is 0 Å². The molecule has 2 amide bonds. The molecule has 1 N–H and O–H groups in total. The van der Waals surface area contributed by atoms with Gasteiger partial charge in [-0.05, 0) is 25.7 Å². The van der Waals surface area contributed by atoms with Crippen molar-refractivity contribution in [1.29, 1.82) is 0 Å². The minimum Gasteiger partial charge on any atom is -0.352 e. The summed E-state index contributed by atoms with van der Waals surface area (Å²) in [6, 6.07) is -0.00295. The number of nitrogens with one attached hydrogen (secondary N) is 1. The number of aromatic nitrogens is 2. The summed E-state index contributed by atoms with van der Waals surface area (Å²) in [5, 5.41) is 5.11. The standard InChI is InChI=1S/C17H22N4O2S/c22-15(10-13-11-20-8-9-24-17(20)19-13)21-7-3-6-14(21)16(23)18-12-4-1-2-5-12/h8-9,11-12,14H,1-7,10H2,(H,18,23)/t14-/m1/s1. The number of hydrogen-bond donors (Lipinski definition) is 1. The summed E-state index contributed by atoms with van der Waals surface area (Å²) in [5.41, 5.74) is 0.772. The molecule has 0 radical (unpaired) electrons. The van der Waals surface area contributed by atoms with Crippen molar-refractivity contribution in [2.45, 2.75) is 57.0 Å². The lowest BCUT2D eigenvalue weighted by Crippen LogP contribution is -2.48. The SMILES string of the molecule is O=C(NC1CCCC1)[C@H]1CCCN1C(=O)Cc1cn2ccsc2n1. The first-order chi connectivity index (χ1) is 11.7. The van der Waals surface area contributed by atoms with Gasteiger partial charge in [-0.15, -0.1) is 11.3 Å². The van der Waals surface area contributed by atoms with Crippen molar-refractivity contribution in [2.75, 3.05) is 6.54 Å². The number of fused-ring (bicyclic) bond motifs is 1. The molecule has 3 heterocycles. The highest BCUT2D eigenvalue weighted by atomic mass is 32.1. The third-order valence-electron chi connectivity index (χ3n) is 5.05. The number of likely N-dealkylation sites (tertiary alicyclic amines) is 1. The maximum absolute atomic E-state index is 12.7. The van der Waals surface area contributed by atoms with E-state index in [-0.39, 0.29) is 24.3 Å². The average Bonchev–Trinajstić information content (AvgIpc) is 3.31. The van der Waals surface area contributed by atoms with Crippen LogP contribution in [0.15, 0.2) is 17.8 Å². The van der Waals surface area contributed by atoms with Gasteiger partial charge in [-0.3, -0.25) is 14.0 Å². The molecule has 1 aliphatic carbocycles. The van der Waals surface area contributed by atoms with Crippen LogP contribution >= 0.6 is 11.3 Å². The third-order valence-corrected chi connectivity index (χ3v) is 5.82. The third kappa shape index (κ3) is 3.05. The molecule has 2 fully saturated rings. The highest BCUT2D eigenvalue weighted by Gasteiger charge is 2.35. The van der Waals surface area contributed by atoms with Gasteiger partial charge in [0.2, 0.25) is 11.8 Å². The van der Waals surface area contributed by atoms with Gasteiger partial charge in [0.25, 0.3) is 0 Å². The van der Waals surface area contributed by atoms with Crippen molar-refractivity contribution in [3.63, 3.8) is 0 Å². The number of carbonyl (C=O) groups is 2. The molecule has 1 atom stereocenters. The van der Waals surface area contributed by atoms with Crippen molar-refractivity contribution in [1.82, 2.24) is 19.6 Å². The van der Waals surface area contributed by atoms with Crippen LogP contribution in [-0.2, 0) is 16.0 Å². The van der Waals surface area contributed by atoms with Gasteiger partial charge in [0.1, 0.15) is 6.04 Å². The van der Waals surface area contributed by atoms with Crippen molar-refractivity contribution in [2.24, 2.45) is 0 Å². The molecular formula is C17H22N4O2S. The quantitative estimate of drug-likeness (QED) is 0.921. The van der Waals surface area contributed by atoms with Gasteiger partial charge in [0, 0.05) is 30.4 Å². The molecule has 0 spiro atoms. The Morgan fingerprint density at radius 1 is 1.25 bits per heavy atom. The molecule has 1 aliphatic heterocycles. The van der Waals surface area contributed by atoms with E-state index in [4.69, 9.17) is 0 Å². The van der Waals surface area contributed by atoms with Crippen LogP contribution in [0.4, 0.5) is 0 Å². The van der Waals surface area contributed by atoms with Crippen molar-refractivity contribution < 1.29 is 9.59 Å². The maximum atomic E-state index is 12.7. The van der Waals surface area contributed by atoms with Gasteiger partial charge in [0.15, 0.2) is 4.96 Å². The lowest BCUT2D eigenvalue weighted by atomic mass is 10.1. The molecule has 24 heavy (non-hydrogen) atoms. The first kappa shape index (κ1) is 15.6. The maximum Gasteiger partial charge on any atom is 0.243 e. The van der Waals surface area contributed by atoms with E-state index in [1.165, 1.54) is 12.8 Å². The second-order valence-electron chi connectivity index (χ2n) is 6.74. The number of carbonyl (C=O) groups excluding carboxylic acids is 2. The zero-order valence-electron chi connectivity index (χ0n) is 13.6. The summed E-state index contributed by atoms with van der Waals surface area (Å²) < 4.78 is 1.93. The van der Waals surface area contributed by atoms with Crippen LogP contribution in [0.2, 0.25) is 0 Å². The Hall–Kier alpha value is -1.89. The molecule has 7 heteroatoms. The van der Waals surface area contributed by atoms with E-state index in [2.05, 4.69) is 10.3 Å². The number of hydrogen-bond acceptors (Lipinski definition) is 4. The van der Waals surface area contributed by atoms with E-state index >= 15 is 0 Å². The summed E-state index contributed by atoms with van der Waals surface area (Å²) in [7, 11) is 0. The molecule has 128 valence electrons. The van der Waals surface area contributed by atoms with Crippen molar-refractivity contribution >= 4 is 28.1 Å². The summed E-state index contributed by atoms with van der Waals surface area (Å²) in [5.74, 6) is 0.0309. The van der Waals surface area contributed by atoms with Gasteiger partial charge in [-0.2, -0.15) is 0 Å². The normalized spacial score (nSPS) is 21.7. The van der Waals surface area contributed by atoms with Crippen molar-refractivity contribution in [3.05, 3.63) is 23.5 Å². The molecule has 2 aromatic heterocycles. The Kier molecular flexibility index (Phi) is 4.26. The summed E-state index contributed by atoms with van der Waals surface area (Å²) >= 11 is 1.55. The Morgan fingerprint density at radius 3 is 2.88 bits per heavy atom. The fourth-order valence-corrected chi connectivity index (χ4v) is 4.54. The minimum absolute atomic E-state index is 0.00447. The van der Waals surface area contributed by atoms with E-state index in [1.807, 2.05) is 22.2 Å². The number of thiazole rings is 1. The number of amides is 2. The van der Waals surface area contributed by atoms with Gasteiger partial charge >= 0.3 is 0 Å². The zero-order valence-corrected chi connectivity index (χ0v) is 14.4. The zero-order chi connectivity index (χ0) is 16.5. The summed E-state index contributed by atoms with van der Waals surface area (Å²) in [4.78, 5) is 32.3. The van der Waals surface area contributed by atoms with Crippen LogP contribution in [0.3, 0.4) is 0 Å². The lowest BCUT2D eigenvalue weighted by molar-refractivity contribution is -0.138. The van der Waals surface area contributed by atoms with Gasteiger partial charge in [-0.25, -0.2) is 4.98 Å². The Morgan fingerprint density at radius 2 is 2.08 bits per heavy atom. The average molecular weight is 346 g/mol. The van der Waals surface area contributed by atoms with E-state index in [0.29, 0.717) is 12.6 Å². The van der Waals surface area contributed by atoms with Crippen LogP contribution in [0, 0.1) is 0 Å². The molecule has 0 unspecified atom stereocenters. The van der Waals surface area contributed by atoms with E-state index in [1.54, 1.807) is 16.2 Å². The fraction of sp³-hybridized carbons (Fsp3) is 0.588. The number of nitrogens with zero attached hydrogens (tertiary/aromatic N) is 3. The molecule has 1 saturated carbocycles. The minimum atomic E-state index is -0.304. The molecule has 6 nitrogen and oxygen atoms in total. The van der Waals surface area contributed by atoms with Gasteiger partial charge in [0.05, 0.1) is 12.1 Å². The summed E-state index contributed by atoms with van der Waals surface area (Å²) in [6.45, 7) is 0.670. The number of rotatable bonds is 4. The van der Waals surface area contributed by atoms with Crippen LogP contribution in [-0.4, -0.2) is 44.7 Å². The largest absolute Gasteiger partial charge is 0.352 e. The lowest BCUT2D eigenvalue weighted by Gasteiger charge is -2.25. The Balaban J connectivity index is 1.40. The summed E-state index contributed by atoms with van der Waals surface area (Å²) in [6.07, 6.45) is 10.3. The van der Waals surface area contributed by atoms with Crippen LogP contribution < -0.4 is 5.32 Å². The van der Waals surface area contributed by atoms with Gasteiger partial charge in [-0.1, -0.05) is 12.8 Å². The first-order valence-electron chi connectivity index (χ1n) is 8.71. The van der Waals surface area contributed by atoms with Crippen LogP contribution in [0.25, 0.3) is 4.96 Å². The Labute approximate surface area is 144 Å². The molecule has 2 aromatic rings. The molecule has 1 saturated heterocycles. The topological polar surface area (TPSA) is 66.7 Å². The second-order valence-corrected chi connectivity index (χ2v) is 7.61. The fourth-order valence-electron chi connectivity index (χ4n) is 3.82. The van der Waals surface area contributed by atoms with Gasteiger partial charge < -0.3 is 10.2 Å². The second kappa shape index (κ2) is 6.55. The molecule has 0 bridgehead atoms. The predicted octanol–water partition coefficient (Wildman–Crippen LogP) is 1.99.